The van der Waals surface area contributed by atoms with Crippen molar-refractivity contribution in [3.63, 3.8) is 0 Å². The van der Waals surface area contributed by atoms with Crippen molar-refractivity contribution in [1.82, 2.24) is 10.6 Å². The molecular formula is C6H15N3. The maximum atomic E-state index is 5.35. The summed E-state index contributed by atoms with van der Waals surface area (Å²) in [6.07, 6.45) is 2.81. The molecule has 0 unspecified atom stereocenters. The zero-order valence-corrected chi connectivity index (χ0v) is 5.69. The topological polar surface area (TPSA) is 50.1 Å². The molecule has 0 spiro atoms. The molecule has 54 valence electrons. The van der Waals surface area contributed by atoms with E-state index in [1.807, 2.05) is 0 Å². The molecule has 1 saturated heterocycles. The highest BCUT2D eigenvalue weighted by Crippen LogP contribution is 1.94. The summed E-state index contributed by atoms with van der Waals surface area (Å²) in [6, 6.07) is 0. The molecule has 0 aromatic rings. The molecule has 1 aliphatic heterocycles. The summed E-state index contributed by atoms with van der Waals surface area (Å²) in [5.41, 5.74) is 5.35. The van der Waals surface area contributed by atoms with Crippen molar-refractivity contribution in [2.75, 3.05) is 19.6 Å². The number of hydrogen-bond donors (Lipinski definition) is 3. The van der Waals surface area contributed by atoms with Crippen molar-refractivity contribution in [1.29, 1.82) is 0 Å². The molecule has 4 N–H and O–H groups in total. The number of hydrogen-bond acceptors (Lipinski definition) is 3. The lowest BCUT2D eigenvalue weighted by atomic mass is 10.2. The van der Waals surface area contributed by atoms with Crippen LogP contribution in [0.25, 0.3) is 0 Å². The van der Waals surface area contributed by atoms with Gasteiger partial charge in [0, 0.05) is 13.1 Å². The van der Waals surface area contributed by atoms with Crippen LogP contribution in [-0.4, -0.2) is 25.8 Å². The van der Waals surface area contributed by atoms with Gasteiger partial charge in [0.2, 0.25) is 0 Å². The maximum absolute atomic E-state index is 5.35. The summed E-state index contributed by atoms with van der Waals surface area (Å²) < 4.78 is 0. The Hall–Kier alpha value is -0.120. The third-order valence-electron chi connectivity index (χ3n) is 1.60. The fraction of sp³-hybridized carbons (Fsp3) is 1.00. The first-order chi connectivity index (χ1) is 4.43. The molecule has 0 aromatic carbocycles. The van der Waals surface area contributed by atoms with Crippen LogP contribution < -0.4 is 16.4 Å². The molecule has 0 atom stereocenters. The molecule has 3 nitrogen and oxygen atoms in total. The Labute approximate surface area is 56.0 Å². The standard InChI is InChI=1S/C6H15N3/c7-3-1-2-6-8-4-5-9-6/h6,8-9H,1-5,7H2. The predicted molar refractivity (Wildman–Crippen MR) is 38.1 cm³/mol. The smallest absolute Gasteiger partial charge is 0.0573 e. The second-order valence-corrected chi connectivity index (χ2v) is 2.39. The van der Waals surface area contributed by atoms with E-state index < -0.39 is 0 Å². The number of rotatable bonds is 3. The van der Waals surface area contributed by atoms with Crippen molar-refractivity contribution in [3.05, 3.63) is 0 Å². The van der Waals surface area contributed by atoms with Crippen LogP contribution in [0.5, 0.6) is 0 Å². The number of nitrogens with two attached hydrogens (primary N) is 1. The van der Waals surface area contributed by atoms with E-state index in [0.717, 1.165) is 32.5 Å². The van der Waals surface area contributed by atoms with Crippen molar-refractivity contribution in [3.8, 4) is 0 Å². The Balaban J connectivity index is 1.98. The summed E-state index contributed by atoms with van der Waals surface area (Å²) >= 11 is 0. The first-order valence-electron chi connectivity index (χ1n) is 3.60. The van der Waals surface area contributed by atoms with Gasteiger partial charge < -0.3 is 16.4 Å². The summed E-state index contributed by atoms with van der Waals surface area (Å²) in [5.74, 6) is 0. The minimum absolute atomic E-state index is 0.536. The van der Waals surface area contributed by atoms with Gasteiger partial charge in [0.15, 0.2) is 0 Å². The summed E-state index contributed by atoms with van der Waals surface area (Å²) in [4.78, 5) is 0. The van der Waals surface area contributed by atoms with Gasteiger partial charge in [-0.2, -0.15) is 0 Å². The molecule has 0 saturated carbocycles. The predicted octanol–water partition coefficient (Wildman–Crippen LogP) is -0.756. The van der Waals surface area contributed by atoms with Crippen LogP contribution in [0.2, 0.25) is 0 Å². The van der Waals surface area contributed by atoms with Crippen LogP contribution in [0, 0.1) is 0 Å². The van der Waals surface area contributed by atoms with Crippen LogP contribution in [0.4, 0.5) is 0 Å². The third kappa shape index (κ3) is 2.30. The molecule has 0 radical (unpaired) electrons. The molecule has 3 heteroatoms. The third-order valence-corrected chi connectivity index (χ3v) is 1.60. The van der Waals surface area contributed by atoms with Gasteiger partial charge in [-0.25, -0.2) is 0 Å². The van der Waals surface area contributed by atoms with Crippen molar-refractivity contribution in [2.45, 2.75) is 19.0 Å². The van der Waals surface area contributed by atoms with Crippen LogP contribution in [0.3, 0.4) is 0 Å². The normalized spacial score (nSPS) is 21.0. The first kappa shape index (κ1) is 6.99. The summed E-state index contributed by atoms with van der Waals surface area (Å²) in [6.45, 7) is 3.02. The largest absolute Gasteiger partial charge is 0.330 e. The van der Waals surface area contributed by atoms with Crippen molar-refractivity contribution < 1.29 is 0 Å². The van der Waals surface area contributed by atoms with Crippen molar-refractivity contribution in [2.24, 2.45) is 5.73 Å². The van der Waals surface area contributed by atoms with Gasteiger partial charge in [-0.3, -0.25) is 0 Å². The Morgan fingerprint density at radius 1 is 1.33 bits per heavy atom. The molecular weight excluding hydrogens is 114 g/mol. The van der Waals surface area contributed by atoms with E-state index in [-0.39, 0.29) is 0 Å². The average molecular weight is 129 g/mol. The molecule has 0 aliphatic carbocycles. The van der Waals surface area contributed by atoms with Gasteiger partial charge in [0.1, 0.15) is 0 Å². The highest BCUT2D eigenvalue weighted by molar-refractivity contribution is 4.71. The van der Waals surface area contributed by atoms with E-state index in [2.05, 4.69) is 10.6 Å². The Morgan fingerprint density at radius 3 is 2.56 bits per heavy atom. The highest BCUT2D eigenvalue weighted by Gasteiger charge is 2.10. The van der Waals surface area contributed by atoms with Gasteiger partial charge in [-0.15, -0.1) is 0 Å². The maximum Gasteiger partial charge on any atom is 0.0573 e. The quantitative estimate of drug-likeness (QED) is 0.469. The van der Waals surface area contributed by atoms with Gasteiger partial charge in [0.05, 0.1) is 6.17 Å². The van der Waals surface area contributed by atoms with Crippen LogP contribution in [-0.2, 0) is 0 Å². The number of nitrogens with one attached hydrogen (secondary N) is 2. The van der Waals surface area contributed by atoms with Crippen LogP contribution in [0.1, 0.15) is 12.8 Å². The van der Waals surface area contributed by atoms with Gasteiger partial charge in [-0.1, -0.05) is 0 Å². The minimum atomic E-state index is 0.536. The lowest BCUT2D eigenvalue weighted by Gasteiger charge is -2.08. The Morgan fingerprint density at radius 2 is 2.00 bits per heavy atom. The van der Waals surface area contributed by atoms with E-state index in [4.69, 9.17) is 5.73 Å². The second kappa shape index (κ2) is 3.82. The van der Waals surface area contributed by atoms with Crippen LogP contribution in [0.15, 0.2) is 0 Å². The van der Waals surface area contributed by atoms with E-state index in [0.29, 0.717) is 6.17 Å². The lowest BCUT2D eigenvalue weighted by molar-refractivity contribution is 0.499. The SMILES string of the molecule is NCCCC1NCCN1. The van der Waals surface area contributed by atoms with Gasteiger partial charge >= 0.3 is 0 Å². The summed E-state index contributed by atoms with van der Waals surface area (Å²) in [5, 5.41) is 6.65. The zero-order valence-electron chi connectivity index (χ0n) is 5.69. The summed E-state index contributed by atoms with van der Waals surface area (Å²) in [7, 11) is 0. The molecule has 0 bridgehead atoms. The van der Waals surface area contributed by atoms with Gasteiger partial charge in [-0.05, 0) is 19.4 Å². The second-order valence-electron chi connectivity index (χ2n) is 2.39. The minimum Gasteiger partial charge on any atom is -0.330 e. The molecule has 1 aliphatic rings. The zero-order chi connectivity index (χ0) is 6.53. The highest BCUT2D eigenvalue weighted by atomic mass is 15.2. The van der Waals surface area contributed by atoms with Crippen LogP contribution >= 0.6 is 0 Å². The first-order valence-corrected chi connectivity index (χ1v) is 3.60. The molecule has 0 aromatic heterocycles. The van der Waals surface area contributed by atoms with Crippen molar-refractivity contribution >= 4 is 0 Å². The molecule has 1 rings (SSSR count). The van der Waals surface area contributed by atoms with E-state index >= 15 is 0 Å². The van der Waals surface area contributed by atoms with E-state index in [1.165, 1.54) is 0 Å². The fourth-order valence-corrected chi connectivity index (χ4v) is 1.09. The molecule has 0 amide bonds. The Kier molecular flexibility index (Phi) is 2.97. The molecule has 9 heavy (non-hydrogen) atoms. The van der Waals surface area contributed by atoms with E-state index in [1.54, 1.807) is 0 Å². The average Bonchev–Trinajstić information content (AvgIpc) is 2.34. The van der Waals surface area contributed by atoms with E-state index in [9.17, 15) is 0 Å². The molecule has 1 heterocycles. The van der Waals surface area contributed by atoms with Gasteiger partial charge in [0.25, 0.3) is 0 Å². The monoisotopic (exact) mass is 129 g/mol. The lowest BCUT2D eigenvalue weighted by Crippen LogP contribution is -2.31. The molecule has 1 fully saturated rings. The fourth-order valence-electron chi connectivity index (χ4n) is 1.09. The Bertz CT molecular complexity index is 68.7.